The van der Waals surface area contributed by atoms with Crippen molar-refractivity contribution >= 4 is 27.5 Å². The molecular formula is C22H26F2N4O3S. The van der Waals surface area contributed by atoms with Gasteiger partial charge in [-0.3, -0.25) is 19.4 Å². The average molecular weight is 465 g/mol. The van der Waals surface area contributed by atoms with E-state index >= 15 is 0 Å². The highest BCUT2D eigenvalue weighted by molar-refractivity contribution is 7.90. The van der Waals surface area contributed by atoms with E-state index in [1.807, 2.05) is 0 Å². The molecule has 32 heavy (non-hydrogen) atoms. The largest absolute Gasteiger partial charge is 0.325 e. The summed E-state index contributed by atoms with van der Waals surface area (Å²) in [6.45, 7) is 0.645. The van der Waals surface area contributed by atoms with Gasteiger partial charge in [-0.25, -0.2) is 17.2 Å². The van der Waals surface area contributed by atoms with Crippen LogP contribution in [0.1, 0.15) is 31.2 Å². The number of sulfonamides is 1. The van der Waals surface area contributed by atoms with Gasteiger partial charge in [-0.1, -0.05) is 18.6 Å². The highest BCUT2D eigenvalue weighted by Gasteiger charge is 2.18. The number of amidine groups is 1. The van der Waals surface area contributed by atoms with Crippen molar-refractivity contribution in [3.05, 3.63) is 59.7 Å². The smallest absolute Gasteiger partial charge is 0.262 e. The van der Waals surface area contributed by atoms with Crippen LogP contribution in [0.2, 0.25) is 0 Å². The molecule has 0 atom stereocenters. The lowest BCUT2D eigenvalue weighted by Crippen LogP contribution is -2.31. The zero-order chi connectivity index (χ0) is 23.1. The molecule has 2 aromatic rings. The molecule has 0 bridgehead atoms. The third kappa shape index (κ3) is 6.83. The van der Waals surface area contributed by atoms with Gasteiger partial charge in [0.25, 0.3) is 10.0 Å². The molecule has 0 aliphatic carbocycles. The van der Waals surface area contributed by atoms with Gasteiger partial charge < -0.3 is 5.32 Å². The van der Waals surface area contributed by atoms with Crippen LogP contribution in [0.5, 0.6) is 0 Å². The number of benzene rings is 2. The summed E-state index contributed by atoms with van der Waals surface area (Å²) in [7, 11) is -2.20. The van der Waals surface area contributed by atoms with Crippen LogP contribution in [0.3, 0.4) is 0 Å². The first kappa shape index (κ1) is 23.8. The number of carbonyl (C=O) groups excluding carboxylic acids is 1. The number of halogens is 2. The summed E-state index contributed by atoms with van der Waals surface area (Å²) in [6.07, 6.45) is 3.41. The lowest BCUT2D eigenvalue weighted by atomic mass is 10.2. The van der Waals surface area contributed by atoms with Gasteiger partial charge in [-0.05, 0) is 44.2 Å². The molecule has 0 radical (unpaired) electrons. The number of hydrogen-bond donors (Lipinski definition) is 2. The van der Waals surface area contributed by atoms with E-state index in [1.54, 1.807) is 18.0 Å². The van der Waals surface area contributed by atoms with Gasteiger partial charge in [0, 0.05) is 36.8 Å². The Labute approximate surface area is 186 Å². The SMILES string of the molecule is CN(CC(=O)Nc1cccc(S(=O)(=O)NC2=NCCCCC2)c1)Cc1ccc(F)cc1F. The van der Waals surface area contributed by atoms with Crippen LogP contribution < -0.4 is 10.0 Å². The molecule has 1 aliphatic rings. The number of nitrogens with one attached hydrogen (secondary N) is 2. The minimum absolute atomic E-state index is 0.0176. The maximum atomic E-state index is 13.8. The van der Waals surface area contributed by atoms with E-state index in [9.17, 15) is 22.0 Å². The molecule has 2 N–H and O–H groups in total. The number of amides is 1. The minimum Gasteiger partial charge on any atom is -0.325 e. The maximum absolute atomic E-state index is 13.8. The number of carbonyl (C=O) groups is 1. The summed E-state index contributed by atoms with van der Waals surface area (Å²) in [4.78, 5) is 18.2. The second-order valence-electron chi connectivity index (χ2n) is 7.73. The first-order valence-electron chi connectivity index (χ1n) is 10.3. The van der Waals surface area contributed by atoms with Crippen LogP contribution in [-0.2, 0) is 21.4 Å². The molecule has 3 rings (SSSR count). The predicted octanol–water partition coefficient (Wildman–Crippen LogP) is 3.29. The van der Waals surface area contributed by atoms with Crippen LogP contribution in [0.25, 0.3) is 0 Å². The Hall–Kier alpha value is -2.85. The van der Waals surface area contributed by atoms with E-state index in [-0.39, 0.29) is 23.5 Å². The second-order valence-corrected chi connectivity index (χ2v) is 9.41. The van der Waals surface area contributed by atoms with Crippen LogP contribution in [0.15, 0.2) is 52.4 Å². The van der Waals surface area contributed by atoms with Crippen LogP contribution in [-0.4, -0.2) is 45.2 Å². The molecule has 1 aliphatic heterocycles. The Morgan fingerprint density at radius 1 is 1.12 bits per heavy atom. The Morgan fingerprint density at radius 2 is 1.94 bits per heavy atom. The highest BCUT2D eigenvalue weighted by atomic mass is 32.2. The maximum Gasteiger partial charge on any atom is 0.262 e. The van der Waals surface area contributed by atoms with Crippen molar-refractivity contribution in [3.63, 3.8) is 0 Å². The molecule has 0 aromatic heterocycles. The van der Waals surface area contributed by atoms with E-state index in [2.05, 4.69) is 15.0 Å². The van der Waals surface area contributed by atoms with E-state index in [0.717, 1.165) is 31.4 Å². The molecule has 0 saturated carbocycles. The van der Waals surface area contributed by atoms with Crippen molar-refractivity contribution in [1.29, 1.82) is 0 Å². The summed E-state index contributed by atoms with van der Waals surface area (Å²) in [5.74, 6) is -1.29. The predicted molar refractivity (Wildman–Crippen MR) is 119 cm³/mol. The molecule has 2 aromatic carbocycles. The molecule has 0 unspecified atom stereocenters. The Bertz CT molecular complexity index is 1110. The van der Waals surface area contributed by atoms with Crippen LogP contribution in [0, 0.1) is 11.6 Å². The molecule has 0 fully saturated rings. The van der Waals surface area contributed by atoms with E-state index < -0.39 is 27.6 Å². The first-order chi connectivity index (χ1) is 15.2. The fourth-order valence-electron chi connectivity index (χ4n) is 3.35. The number of rotatable bonds is 7. The summed E-state index contributed by atoms with van der Waals surface area (Å²) < 4.78 is 54.8. The topological polar surface area (TPSA) is 90.9 Å². The van der Waals surface area contributed by atoms with Crippen LogP contribution >= 0.6 is 0 Å². The van der Waals surface area contributed by atoms with Gasteiger partial charge in [0.05, 0.1) is 11.4 Å². The molecular weight excluding hydrogens is 438 g/mol. The second kappa shape index (κ2) is 10.6. The van der Waals surface area contributed by atoms with Crippen molar-refractivity contribution in [2.24, 2.45) is 4.99 Å². The summed E-state index contributed by atoms with van der Waals surface area (Å²) >= 11 is 0. The van der Waals surface area contributed by atoms with Gasteiger partial charge in [-0.15, -0.1) is 0 Å². The quantitative estimate of drug-likeness (QED) is 0.658. The zero-order valence-electron chi connectivity index (χ0n) is 17.8. The first-order valence-corrected chi connectivity index (χ1v) is 11.8. The van der Waals surface area contributed by atoms with Gasteiger partial charge in [-0.2, -0.15) is 0 Å². The number of likely N-dealkylation sites (N-methyl/N-ethyl adjacent to an activating group) is 1. The van der Waals surface area contributed by atoms with Gasteiger partial charge in [0.15, 0.2) is 0 Å². The number of aliphatic imine (C=N–C) groups is 1. The third-order valence-electron chi connectivity index (χ3n) is 4.92. The highest BCUT2D eigenvalue weighted by Crippen LogP contribution is 2.17. The molecule has 172 valence electrons. The van der Waals surface area contributed by atoms with E-state index in [0.29, 0.717) is 24.5 Å². The number of nitrogens with zero attached hydrogens (tertiary/aromatic N) is 2. The van der Waals surface area contributed by atoms with E-state index in [1.165, 1.54) is 24.3 Å². The molecule has 1 heterocycles. The van der Waals surface area contributed by atoms with Gasteiger partial charge in [0.2, 0.25) is 5.91 Å². The lowest BCUT2D eigenvalue weighted by molar-refractivity contribution is -0.117. The molecule has 10 heteroatoms. The van der Waals surface area contributed by atoms with Crippen molar-refractivity contribution in [3.8, 4) is 0 Å². The molecule has 0 spiro atoms. The summed E-state index contributed by atoms with van der Waals surface area (Å²) in [5.41, 5.74) is 0.587. The van der Waals surface area contributed by atoms with Crippen LogP contribution in [0.4, 0.5) is 14.5 Å². The minimum atomic E-state index is -3.82. The Kier molecular flexibility index (Phi) is 7.92. The van der Waals surface area contributed by atoms with Crippen molar-refractivity contribution in [2.75, 3.05) is 25.5 Å². The molecule has 1 amide bonds. The Morgan fingerprint density at radius 3 is 2.72 bits per heavy atom. The average Bonchev–Trinajstić information content (AvgIpc) is 2.98. The summed E-state index contributed by atoms with van der Waals surface area (Å²) in [6, 6.07) is 9.22. The van der Waals surface area contributed by atoms with Gasteiger partial charge in [0.1, 0.15) is 17.5 Å². The van der Waals surface area contributed by atoms with Gasteiger partial charge >= 0.3 is 0 Å². The monoisotopic (exact) mass is 464 g/mol. The van der Waals surface area contributed by atoms with Crippen molar-refractivity contribution in [2.45, 2.75) is 37.1 Å². The molecule has 0 saturated heterocycles. The third-order valence-corrected chi connectivity index (χ3v) is 6.30. The fourth-order valence-corrected chi connectivity index (χ4v) is 4.49. The molecule has 7 nitrogen and oxygen atoms in total. The lowest BCUT2D eigenvalue weighted by Gasteiger charge is -2.17. The Balaban J connectivity index is 1.60. The zero-order valence-corrected chi connectivity index (χ0v) is 18.6. The fraction of sp³-hybridized carbons (Fsp3) is 0.364. The van der Waals surface area contributed by atoms with Crippen molar-refractivity contribution in [1.82, 2.24) is 9.62 Å². The van der Waals surface area contributed by atoms with Crippen molar-refractivity contribution < 1.29 is 22.0 Å². The number of anilines is 1. The number of hydrogen-bond acceptors (Lipinski definition) is 5. The summed E-state index contributed by atoms with van der Waals surface area (Å²) in [5, 5.41) is 2.65. The standard InChI is InChI=1S/C22H26F2N4O3S/c1-28(14-16-9-10-17(23)12-20(16)24)15-22(29)26-18-6-5-7-19(13-18)32(30,31)27-21-8-3-2-4-11-25-21/h5-7,9-10,12-13H,2-4,8,11,14-15H2,1H3,(H,25,27)(H,26,29). The normalized spacial score (nSPS) is 14.6. The van der Waals surface area contributed by atoms with E-state index in [4.69, 9.17) is 0 Å².